The number of hydrogen-bond acceptors (Lipinski definition) is 2. The maximum atomic E-state index is 13.2. The predicted octanol–water partition coefficient (Wildman–Crippen LogP) is 2.98. The van der Waals surface area contributed by atoms with E-state index in [2.05, 4.69) is 10.2 Å². The van der Waals surface area contributed by atoms with E-state index in [-0.39, 0.29) is 17.3 Å². The average Bonchev–Trinajstić information content (AvgIpc) is 2.74. The van der Waals surface area contributed by atoms with Crippen LogP contribution in [-0.2, 0) is 0 Å². The Morgan fingerprint density at radius 3 is 2.60 bits per heavy atom. The lowest BCUT2D eigenvalue weighted by Crippen LogP contribution is -2.47. The molecule has 1 amide bonds. The van der Waals surface area contributed by atoms with Crippen LogP contribution in [0.15, 0.2) is 18.2 Å². The first-order valence-electron chi connectivity index (χ1n) is 7.17. The molecule has 0 aromatic heterocycles. The molecule has 1 unspecified atom stereocenters. The topological polar surface area (TPSA) is 32.3 Å². The molecule has 0 radical (unpaired) electrons. The molecular weight excluding hydrogens is 255 g/mol. The summed E-state index contributed by atoms with van der Waals surface area (Å²) >= 11 is 0. The van der Waals surface area contributed by atoms with Gasteiger partial charge in [0.2, 0.25) is 0 Å². The van der Waals surface area contributed by atoms with Crippen LogP contribution >= 0.6 is 0 Å². The minimum Gasteiger partial charge on any atom is -0.346 e. The highest BCUT2D eigenvalue weighted by molar-refractivity contribution is 5.96. The maximum Gasteiger partial charge on any atom is 0.252 e. The fourth-order valence-corrected chi connectivity index (χ4v) is 2.47. The molecule has 2 rings (SSSR count). The number of carbonyl (C=O) groups excluding carboxylic acids is 1. The molecule has 4 heteroatoms. The number of rotatable bonds is 2. The maximum absolute atomic E-state index is 13.2. The summed E-state index contributed by atoms with van der Waals surface area (Å²) in [7, 11) is 2.03. The number of aryl methyl sites for hydroxylation is 1. The summed E-state index contributed by atoms with van der Waals surface area (Å²) < 4.78 is 13.2. The Balaban J connectivity index is 0.000000956. The number of halogens is 1. The van der Waals surface area contributed by atoms with E-state index in [1.807, 2.05) is 34.7 Å². The largest absolute Gasteiger partial charge is 0.346 e. The number of nitrogens with zero attached hydrogens (tertiary/aromatic N) is 1. The van der Waals surface area contributed by atoms with E-state index < -0.39 is 0 Å². The van der Waals surface area contributed by atoms with E-state index in [1.54, 1.807) is 6.07 Å². The van der Waals surface area contributed by atoms with Gasteiger partial charge in [0.1, 0.15) is 5.82 Å². The number of likely N-dealkylation sites (tertiary alicyclic amines) is 1. The van der Waals surface area contributed by atoms with Crippen molar-refractivity contribution in [3.8, 4) is 0 Å². The van der Waals surface area contributed by atoms with Gasteiger partial charge in [0.25, 0.3) is 5.91 Å². The van der Waals surface area contributed by atoms with Gasteiger partial charge in [-0.3, -0.25) is 4.79 Å². The standard InChI is InChI=1S/C14H19FN2O.C2H6/c1-10-4-5-11(15)8-12(10)13(18)16-14(2)6-7-17(3)9-14;1-2/h4-5,8H,6-7,9H2,1-3H3,(H,16,18);1-2H3. The molecule has 0 bridgehead atoms. The van der Waals surface area contributed by atoms with Crippen LogP contribution < -0.4 is 5.32 Å². The van der Waals surface area contributed by atoms with Crippen molar-refractivity contribution in [1.29, 1.82) is 0 Å². The second-order valence-electron chi connectivity index (χ2n) is 5.46. The van der Waals surface area contributed by atoms with Crippen LogP contribution in [-0.4, -0.2) is 36.5 Å². The van der Waals surface area contributed by atoms with Crippen molar-refractivity contribution in [1.82, 2.24) is 10.2 Å². The zero-order chi connectivity index (χ0) is 15.3. The Morgan fingerprint density at radius 2 is 2.05 bits per heavy atom. The number of amides is 1. The molecule has 3 nitrogen and oxygen atoms in total. The van der Waals surface area contributed by atoms with Gasteiger partial charge in [-0.15, -0.1) is 0 Å². The van der Waals surface area contributed by atoms with Gasteiger partial charge in [0.15, 0.2) is 0 Å². The Morgan fingerprint density at radius 1 is 1.40 bits per heavy atom. The summed E-state index contributed by atoms with van der Waals surface area (Å²) in [5.74, 6) is -0.566. The molecule has 1 aromatic carbocycles. The zero-order valence-corrected chi connectivity index (χ0v) is 13.1. The predicted molar refractivity (Wildman–Crippen MR) is 80.5 cm³/mol. The number of likely N-dealkylation sites (N-methyl/N-ethyl adjacent to an activating group) is 1. The third-order valence-electron chi connectivity index (χ3n) is 3.52. The van der Waals surface area contributed by atoms with E-state index in [4.69, 9.17) is 0 Å². The van der Waals surface area contributed by atoms with Gasteiger partial charge in [-0.2, -0.15) is 0 Å². The summed E-state index contributed by atoms with van der Waals surface area (Å²) in [5.41, 5.74) is 1.000. The van der Waals surface area contributed by atoms with Gasteiger partial charge >= 0.3 is 0 Å². The molecule has 1 fully saturated rings. The van der Waals surface area contributed by atoms with Crippen LogP contribution in [0.2, 0.25) is 0 Å². The highest BCUT2D eigenvalue weighted by atomic mass is 19.1. The first-order chi connectivity index (χ1) is 9.39. The molecular formula is C16H25FN2O. The average molecular weight is 280 g/mol. The molecule has 1 saturated heterocycles. The van der Waals surface area contributed by atoms with E-state index in [0.29, 0.717) is 5.56 Å². The Hall–Kier alpha value is -1.42. The van der Waals surface area contributed by atoms with E-state index in [9.17, 15) is 9.18 Å². The fraction of sp³-hybridized carbons (Fsp3) is 0.562. The molecule has 1 atom stereocenters. The van der Waals surface area contributed by atoms with Crippen molar-refractivity contribution in [3.05, 3.63) is 35.1 Å². The smallest absolute Gasteiger partial charge is 0.252 e. The fourth-order valence-electron chi connectivity index (χ4n) is 2.47. The third-order valence-corrected chi connectivity index (χ3v) is 3.52. The van der Waals surface area contributed by atoms with Crippen LogP contribution in [0.5, 0.6) is 0 Å². The lowest BCUT2D eigenvalue weighted by atomic mass is 10.00. The Kier molecular flexibility index (Phi) is 5.69. The van der Waals surface area contributed by atoms with Gasteiger partial charge in [0, 0.05) is 18.7 Å². The number of nitrogens with one attached hydrogen (secondary N) is 1. The summed E-state index contributed by atoms with van der Waals surface area (Å²) in [6.07, 6.45) is 0.920. The Labute approximate surface area is 121 Å². The molecule has 1 aliphatic rings. The molecule has 1 aliphatic heterocycles. The van der Waals surface area contributed by atoms with Crippen LogP contribution in [0.1, 0.15) is 43.1 Å². The summed E-state index contributed by atoms with van der Waals surface area (Å²) in [5, 5.41) is 3.02. The molecule has 0 spiro atoms. The second-order valence-corrected chi connectivity index (χ2v) is 5.46. The minimum absolute atomic E-state index is 0.190. The van der Waals surface area contributed by atoms with Crippen molar-refractivity contribution in [2.24, 2.45) is 0 Å². The lowest BCUT2D eigenvalue weighted by Gasteiger charge is -2.25. The number of benzene rings is 1. The van der Waals surface area contributed by atoms with Crippen molar-refractivity contribution in [3.63, 3.8) is 0 Å². The van der Waals surface area contributed by atoms with Gasteiger partial charge in [0.05, 0.1) is 5.54 Å². The normalized spacial score (nSPS) is 22.1. The second kappa shape index (κ2) is 6.84. The number of hydrogen-bond donors (Lipinski definition) is 1. The third kappa shape index (κ3) is 4.04. The molecule has 1 aromatic rings. The van der Waals surface area contributed by atoms with Crippen LogP contribution in [0.4, 0.5) is 4.39 Å². The summed E-state index contributed by atoms with van der Waals surface area (Å²) in [6, 6.07) is 4.30. The van der Waals surface area contributed by atoms with Crippen molar-refractivity contribution in [2.45, 2.75) is 39.7 Å². The van der Waals surface area contributed by atoms with Crippen LogP contribution in [0, 0.1) is 12.7 Å². The van der Waals surface area contributed by atoms with E-state index in [1.165, 1.54) is 12.1 Å². The highest BCUT2D eigenvalue weighted by Gasteiger charge is 2.33. The number of carbonyl (C=O) groups is 1. The van der Waals surface area contributed by atoms with E-state index >= 15 is 0 Å². The first kappa shape index (κ1) is 16.6. The summed E-state index contributed by atoms with van der Waals surface area (Å²) in [6.45, 7) is 9.65. The van der Waals surface area contributed by atoms with Gasteiger partial charge in [-0.1, -0.05) is 19.9 Å². The van der Waals surface area contributed by atoms with Crippen molar-refractivity contribution < 1.29 is 9.18 Å². The van der Waals surface area contributed by atoms with Crippen LogP contribution in [0.3, 0.4) is 0 Å². The van der Waals surface area contributed by atoms with Gasteiger partial charge in [-0.05, 0) is 45.0 Å². The van der Waals surface area contributed by atoms with Crippen LogP contribution in [0.25, 0.3) is 0 Å². The SMILES string of the molecule is CC.Cc1ccc(F)cc1C(=O)NC1(C)CCN(C)C1. The van der Waals surface area contributed by atoms with Crippen molar-refractivity contribution in [2.75, 3.05) is 20.1 Å². The Bertz CT molecular complexity index is 476. The molecule has 112 valence electrons. The van der Waals surface area contributed by atoms with Gasteiger partial charge in [-0.25, -0.2) is 4.39 Å². The molecule has 1 heterocycles. The monoisotopic (exact) mass is 280 g/mol. The van der Waals surface area contributed by atoms with Crippen molar-refractivity contribution >= 4 is 5.91 Å². The molecule has 1 N–H and O–H groups in total. The minimum atomic E-state index is -0.376. The lowest BCUT2D eigenvalue weighted by molar-refractivity contribution is 0.0908. The first-order valence-corrected chi connectivity index (χ1v) is 7.17. The van der Waals surface area contributed by atoms with E-state index in [0.717, 1.165) is 25.1 Å². The molecule has 20 heavy (non-hydrogen) atoms. The molecule has 0 saturated carbocycles. The zero-order valence-electron chi connectivity index (χ0n) is 13.1. The highest BCUT2D eigenvalue weighted by Crippen LogP contribution is 2.20. The quantitative estimate of drug-likeness (QED) is 0.903. The summed E-state index contributed by atoms with van der Waals surface area (Å²) in [4.78, 5) is 14.4. The molecule has 0 aliphatic carbocycles. The van der Waals surface area contributed by atoms with Gasteiger partial charge < -0.3 is 10.2 Å².